The van der Waals surface area contributed by atoms with Crippen LogP contribution in [0.5, 0.6) is 0 Å². The Morgan fingerprint density at radius 1 is 1.35 bits per heavy atom. The lowest BCUT2D eigenvalue weighted by Crippen LogP contribution is -2.37. The van der Waals surface area contributed by atoms with Gasteiger partial charge in [0, 0.05) is 32.3 Å². The van der Waals surface area contributed by atoms with Gasteiger partial charge in [-0.2, -0.15) is 0 Å². The number of benzene rings is 1. The second-order valence-corrected chi connectivity index (χ2v) is 6.59. The first-order chi connectivity index (χ1) is 12.3. The highest BCUT2D eigenvalue weighted by molar-refractivity contribution is 6.01. The van der Waals surface area contributed by atoms with Crippen LogP contribution >= 0.6 is 0 Å². The number of carbonyl (C=O) groups is 2. The molecule has 1 aromatic rings. The van der Waals surface area contributed by atoms with E-state index in [1.165, 1.54) is 24.1 Å². The molecule has 0 radical (unpaired) electrons. The zero-order chi connectivity index (χ0) is 19.3. The molecular weight excluding hydrogens is 338 g/mol. The van der Waals surface area contributed by atoms with Crippen LogP contribution in [0.4, 0.5) is 11.4 Å². The summed E-state index contributed by atoms with van der Waals surface area (Å²) in [5.41, 5.74) is 0.760. The van der Waals surface area contributed by atoms with E-state index in [1.807, 2.05) is 0 Å². The smallest absolute Gasteiger partial charge is 0.325 e. The number of amides is 1. The van der Waals surface area contributed by atoms with Gasteiger partial charge in [0.05, 0.1) is 22.8 Å². The van der Waals surface area contributed by atoms with Crippen LogP contribution in [-0.4, -0.2) is 55.0 Å². The molecule has 2 rings (SSSR count). The van der Waals surface area contributed by atoms with Gasteiger partial charge in [0.15, 0.2) is 0 Å². The second kappa shape index (κ2) is 8.64. The van der Waals surface area contributed by atoms with Crippen molar-refractivity contribution in [1.29, 1.82) is 0 Å². The summed E-state index contributed by atoms with van der Waals surface area (Å²) in [7, 11) is 1.49. The van der Waals surface area contributed by atoms with Crippen LogP contribution in [0.15, 0.2) is 18.2 Å². The van der Waals surface area contributed by atoms with E-state index in [2.05, 4.69) is 11.8 Å². The highest BCUT2D eigenvalue weighted by Crippen LogP contribution is 2.30. The minimum atomic E-state index is -0.524. The minimum Gasteiger partial charge on any atom is -0.465 e. The van der Waals surface area contributed by atoms with Crippen molar-refractivity contribution >= 4 is 23.3 Å². The van der Waals surface area contributed by atoms with Gasteiger partial charge in [-0.1, -0.05) is 6.92 Å². The van der Waals surface area contributed by atoms with Gasteiger partial charge < -0.3 is 14.5 Å². The van der Waals surface area contributed by atoms with Crippen molar-refractivity contribution in [2.75, 3.05) is 38.2 Å². The average molecular weight is 363 g/mol. The third-order valence-corrected chi connectivity index (χ3v) is 4.56. The number of non-ortho nitro benzene ring substituents is 1. The number of nitro benzene ring substituents is 1. The number of esters is 1. The second-order valence-electron chi connectivity index (χ2n) is 6.59. The van der Waals surface area contributed by atoms with Crippen molar-refractivity contribution in [2.45, 2.75) is 26.7 Å². The van der Waals surface area contributed by atoms with Crippen LogP contribution in [0.3, 0.4) is 0 Å². The van der Waals surface area contributed by atoms with Crippen LogP contribution in [-0.2, 0) is 9.53 Å². The Morgan fingerprint density at radius 3 is 2.58 bits per heavy atom. The Balaban J connectivity index is 2.30. The highest BCUT2D eigenvalue weighted by atomic mass is 16.6. The van der Waals surface area contributed by atoms with Crippen LogP contribution < -0.4 is 4.90 Å². The predicted molar refractivity (Wildman–Crippen MR) is 97.3 cm³/mol. The maximum absolute atomic E-state index is 12.9. The third-order valence-electron chi connectivity index (χ3n) is 4.56. The third kappa shape index (κ3) is 4.71. The van der Waals surface area contributed by atoms with Crippen LogP contribution in [0.25, 0.3) is 0 Å². The summed E-state index contributed by atoms with van der Waals surface area (Å²) in [6.45, 7) is 5.49. The molecule has 0 bridgehead atoms. The number of ether oxygens (including phenoxy) is 1. The molecule has 1 fully saturated rings. The largest absolute Gasteiger partial charge is 0.465 e. The first kappa shape index (κ1) is 19.7. The first-order valence-electron chi connectivity index (χ1n) is 8.78. The van der Waals surface area contributed by atoms with Gasteiger partial charge in [0.2, 0.25) is 0 Å². The molecule has 1 aromatic carbocycles. The average Bonchev–Trinajstić information content (AvgIpc) is 2.61. The molecule has 26 heavy (non-hydrogen) atoms. The molecule has 0 atom stereocenters. The molecule has 0 spiro atoms. The first-order valence-corrected chi connectivity index (χ1v) is 8.78. The van der Waals surface area contributed by atoms with Crippen molar-refractivity contribution in [3.63, 3.8) is 0 Å². The maximum atomic E-state index is 12.9. The van der Waals surface area contributed by atoms with Crippen molar-refractivity contribution in [3.8, 4) is 0 Å². The van der Waals surface area contributed by atoms with E-state index in [0.29, 0.717) is 11.6 Å². The summed E-state index contributed by atoms with van der Waals surface area (Å²) in [6, 6.07) is 4.33. The number of piperidine rings is 1. The predicted octanol–water partition coefficient (Wildman–Crippen LogP) is 2.47. The molecule has 0 saturated carbocycles. The van der Waals surface area contributed by atoms with E-state index in [1.54, 1.807) is 13.0 Å². The SMILES string of the molecule is CCOC(=O)CN(C)C(=O)c1cc([N+](=O)[O-])ccc1N1CCC(C)CC1. The van der Waals surface area contributed by atoms with Crippen molar-refractivity contribution in [2.24, 2.45) is 5.92 Å². The number of likely N-dealkylation sites (N-methyl/N-ethyl adjacent to an activating group) is 1. The van der Waals surface area contributed by atoms with E-state index in [9.17, 15) is 19.7 Å². The summed E-state index contributed by atoms with van der Waals surface area (Å²) < 4.78 is 4.87. The number of nitrogens with zero attached hydrogens (tertiary/aromatic N) is 3. The lowest BCUT2D eigenvalue weighted by atomic mass is 9.97. The molecule has 0 aliphatic carbocycles. The quantitative estimate of drug-likeness (QED) is 0.438. The number of nitro groups is 1. The lowest BCUT2D eigenvalue weighted by Gasteiger charge is -2.33. The summed E-state index contributed by atoms with van der Waals surface area (Å²) in [5.74, 6) is -0.326. The summed E-state index contributed by atoms with van der Waals surface area (Å²) in [6.07, 6.45) is 2.01. The van der Waals surface area contributed by atoms with Crippen molar-refractivity contribution in [1.82, 2.24) is 4.90 Å². The molecule has 1 saturated heterocycles. The maximum Gasteiger partial charge on any atom is 0.325 e. The van der Waals surface area contributed by atoms with Gasteiger partial charge >= 0.3 is 5.97 Å². The fourth-order valence-electron chi connectivity index (χ4n) is 3.01. The number of carbonyl (C=O) groups excluding carboxylic acids is 2. The number of rotatable bonds is 6. The molecule has 1 aliphatic heterocycles. The van der Waals surface area contributed by atoms with E-state index < -0.39 is 16.8 Å². The summed E-state index contributed by atoms with van der Waals surface area (Å²) in [4.78, 5) is 38.4. The Kier molecular flexibility index (Phi) is 6.54. The number of anilines is 1. The molecule has 8 heteroatoms. The van der Waals surface area contributed by atoms with Gasteiger partial charge in [-0.3, -0.25) is 19.7 Å². The van der Waals surface area contributed by atoms with E-state index >= 15 is 0 Å². The molecule has 0 unspecified atom stereocenters. The monoisotopic (exact) mass is 363 g/mol. The zero-order valence-corrected chi connectivity index (χ0v) is 15.4. The molecule has 1 heterocycles. The zero-order valence-electron chi connectivity index (χ0n) is 15.4. The van der Waals surface area contributed by atoms with E-state index in [-0.39, 0.29) is 24.4 Å². The Hall–Kier alpha value is -2.64. The molecular formula is C18H25N3O5. The van der Waals surface area contributed by atoms with Gasteiger partial charge in [-0.15, -0.1) is 0 Å². The Morgan fingerprint density at radius 2 is 2.00 bits per heavy atom. The van der Waals surface area contributed by atoms with Crippen LogP contribution in [0, 0.1) is 16.0 Å². The molecule has 142 valence electrons. The minimum absolute atomic E-state index is 0.146. The van der Waals surface area contributed by atoms with Crippen molar-refractivity contribution < 1.29 is 19.2 Å². The van der Waals surface area contributed by atoms with E-state index in [4.69, 9.17) is 4.74 Å². The number of hydrogen-bond acceptors (Lipinski definition) is 6. The molecule has 1 amide bonds. The van der Waals surface area contributed by atoms with Gasteiger partial charge in [-0.05, 0) is 31.7 Å². The standard InChI is InChI=1S/C18H25N3O5/c1-4-26-17(22)12-19(3)18(23)15-11-14(21(24)25)5-6-16(15)20-9-7-13(2)8-10-20/h5-6,11,13H,4,7-10,12H2,1-3H3. The highest BCUT2D eigenvalue weighted by Gasteiger charge is 2.26. The lowest BCUT2D eigenvalue weighted by molar-refractivity contribution is -0.384. The molecule has 0 N–H and O–H groups in total. The fraction of sp³-hybridized carbons (Fsp3) is 0.556. The normalized spacial score (nSPS) is 14.8. The topological polar surface area (TPSA) is 93.0 Å². The fourth-order valence-corrected chi connectivity index (χ4v) is 3.01. The molecule has 1 aliphatic rings. The van der Waals surface area contributed by atoms with Crippen LogP contribution in [0.2, 0.25) is 0 Å². The van der Waals surface area contributed by atoms with Gasteiger partial charge in [-0.25, -0.2) is 0 Å². The number of hydrogen-bond donors (Lipinski definition) is 0. The molecule has 0 aromatic heterocycles. The van der Waals surface area contributed by atoms with Crippen molar-refractivity contribution in [3.05, 3.63) is 33.9 Å². The van der Waals surface area contributed by atoms with Crippen LogP contribution in [0.1, 0.15) is 37.0 Å². The Labute approximate surface area is 152 Å². The Bertz CT molecular complexity index is 683. The van der Waals surface area contributed by atoms with Gasteiger partial charge in [0.1, 0.15) is 6.54 Å². The van der Waals surface area contributed by atoms with Gasteiger partial charge in [0.25, 0.3) is 11.6 Å². The molecule has 8 nitrogen and oxygen atoms in total. The summed E-state index contributed by atoms with van der Waals surface area (Å²) >= 11 is 0. The summed E-state index contributed by atoms with van der Waals surface area (Å²) in [5, 5.41) is 11.1. The van der Waals surface area contributed by atoms with E-state index in [0.717, 1.165) is 25.9 Å².